The number of benzene rings is 2. The molecule has 0 radical (unpaired) electrons. The number of nitriles is 1. The van der Waals surface area contributed by atoms with E-state index in [0.29, 0.717) is 22.5 Å². The van der Waals surface area contributed by atoms with E-state index in [-0.39, 0.29) is 18.2 Å². The molecule has 1 unspecified atom stereocenters. The van der Waals surface area contributed by atoms with Crippen LogP contribution in [0.2, 0.25) is 0 Å². The largest absolute Gasteiger partial charge is 0.481 e. The minimum absolute atomic E-state index is 0.268. The van der Waals surface area contributed by atoms with E-state index in [1.165, 1.54) is 24.4 Å². The number of hydrogen-bond acceptors (Lipinski definition) is 6. The van der Waals surface area contributed by atoms with E-state index in [1.807, 2.05) is 6.19 Å². The number of carbonyl (C=O) groups excluding carboxylic acids is 1. The molecule has 1 atom stereocenters. The summed E-state index contributed by atoms with van der Waals surface area (Å²) in [6.07, 6.45) is 2.44. The number of amides is 1. The maximum atomic E-state index is 13.2. The highest BCUT2D eigenvalue weighted by Crippen LogP contribution is 2.24. The SMILES string of the molecule is CCN(C#N)C(=O)C(C)Oc1ccc(Oc2cnc3cc(F)ccc3n2)cc1. The fraction of sp³-hybridized carbons (Fsp3) is 0.200. The number of rotatable bonds is 6. The average molecular weight is 380 g/mol. The zero-order valence-electron chi connectivity index (χ0n) is 15.3. The lowest BCUT2D eigenvalue weighted by Crippen LogP contribution is -2.37. The summed E-state index contributed by atoms with van der Waals surface area (Å²) in [5, 5.41) is 8.92. The standard InChI is InChI=1S/C20H17FN4O3/c1-3-25(12-22)20(26)13(2)27-15-5-7-16(8-6-15)28-19-11-23-18-10-14(21)4-9-17(18)24-19/h4-11,13H,3H2,1-2H3. The lowest BCUT2D eigenvalue weighted by Gasteiger charge is -2.18. The van der Waals surface area contributed by atoms with Crippen LogP contribution in [-0.4, -0.2) is 33.4 Å². The number of halogens is 1. The average Bonchev–Trinajstić information content (AvgIpc) is 2.70. The van der Waals surface area contributed by atoms with Crippen molar-refractivity contribution in [3.05, 3.63) is 54.5 Å². The van der Waals surface area contributed by atoms with Crippen LogP contribution in [0, 0.1) is 17.3 Å². The van der Waals surface area contributed by atoms with Gasteiger partial charge in [-0.3, -0.25) is 4.79 Å². The third-order valence-electron chi connectivity index (χ3n) is 3.89. The molecule has 0 saturated carbocycles. The predicted molar refractivity (Wildman–Crippen MR) is 99.1 cm³/mol. The van der Waals surface area contributed by atoms with Gasteiger partial charge in [0.2, 0.25) is 5.88 Å². The van der Waals surface area contributed by atoms with Crippen LogP contribution < -0.4 is 9.47 Å². The summed E-state index contributed by atoms with van der Waals surface area (Å²) in [4.78, 5) is 21.5. The predicted octanol–water partition coefficient (Wildman–Crippen LogP) is 3.66. The quantitative estimate of drug-likeness (QED) is 0.479. The molecule has 142 valence electrons. The molecule has 0 aliphatic heterocycles. The molecule has 0 aliphatic rings. The Balaban J connectivity index is 1.67. The summed E-state index contributed by atoms with van der Waals surface area (Å²) in [5.41, 5.74) is 0.956. The van der Waals surface area contributed by atoms with Gasteiger partial charge in [-0.25, -0.2) is 19.3 Å². The van der Waals surface area contributed by atoms with Gasteiger partial charge in [0.15, 0.2) is 12.3 Å². The number of fused-ring (bicyclic) bond motifs is 1. The molecule has 3 aromatic rings. The summed E-state index contributed by atoms with van der Waals surface area (Å²) in [6.45, 7) is 3.58. The Morgan fingerprint density at radius 3 is 2.61 bits per heavy atom. The van der Waals surface area contributed by atoms with Crippen molar-refractivity contribution >= 4 is 16.9 Å². The normalized spacial score (nSPS) is 11.5. The lowest BCUT2D eigenvalue weighted by atomic mass is 10.3. The van der Waals surface area contributed by atoms with E-state index in [1.54, 1.807) is 38.1 Å². The van der Waals surface area contributed by atoms with Gasteiger partial charge in [0.25, 0.3) is 5.91 Å². The number of nitrogens with zero attached hydrogens (tertiary/aromatic N) is 4. The number of carbonyl (C=O) groups is 1. The van der Waals surface area contributed by atoms with Crippen LogP contribution in [0.1, 0.15) is 13.8 Å². The van der Waals surface area contributed by atoms with Gasteiger partial charge in [-0.05, 0) is 50.2 Å². The van der Waals surface area contributed by atoms with E-state index in [9.17, 15) is 9.18 Å². The number of ether oxygens (including phenoxy) is 2. The molecule has 0 N–H and O–H groups in total. The number of hydrogen-bond donors (Lipinski definition) is 0. The van der Waals surface area contributed by atoms with Crippen molar-refractivity contribution in [2.45, 2.75) is 20.0 Å². The first-order chi connectivity index (χ1) is 13.5. The highest BCUT2D eigenvalue weighted by molar-refractivity contribution is 5.82. The summed E-state index contributed by atoms with van der Waals surface area (Å²) < 4.78 is 24.4. The minimum atomic E-state index is -0.793. The van der Waals surface area contributed by atoms with Crippen LogP contribution in [0.3, 0.4) is 0 Å². The zero-order valence-corrected chi connectivity index (χ0v) is 15.3. The van der Waals surface area contributed by atoms with Crippen LogP contribution in [0.15, 0.2) is 48.7 Å². The number of aromatic nitrogens is 2. The second-order valence-corrected chi connectivity index (χ2v) is 5.86. The molecular weight excluding hydrogens is 363 g/mol. The zero-order chi connectivity index (χ0) is 20.1. The molecule has 3 rings (SSSR count). The van der Waals surface area contributed by atoms with Crippen molar-refractivity contribution in [2.24, 2.45) is 0 Å². The summed E-state index contributed by atoms with van der Waals surface area (Å²) in [7, 11) is 0. The monoisotopic (exact) mass is 380 g/mol. The molecule has 7 nitrogen and oxygen atoms in total. The molecule has 0 aliphatic carbocycles. The second kappa shape index (κ2) is 8.31. The van der Waals surface area contributed by atoms with Gasteiger partial charge >= 0.3 is 0 Å². The molecule has 1 amide bonds. The Labute approximate surface area is 161 Å². The first-order valence-corrected chi connectivity index (χ1v) is 8.58. The van der Waals surface area contributed by atoms with E-state index >= 15 is 0 Å². The maximum absolute atomic E-state index is 13.2. The van der Waals surface area contributed by atoms with Crippen molar-refractivity contribution in [3.63, 3.8) is 0 Å². The van der Waals surface area contributed by atoms with Crippen LogP contribution in [0.5, 0.6) is 17.4 Å². The van der Waals surface area contributed by atoms with Gasteiger partial charge in [0.1, 0.15) is 17.3 Å². The van der Waals surface area contributed by atoms with Crippen LogP contribution in [0.25, 0.3) is 11.0 Å². The summed E-state index contributed by atoms with van der Waals surface area (Å²) in [5.74, 6) is 0.435. The van der Waals surface area contributed by atoms with Gasteiger partial charge in [-0.2, -0.15) is 5.26 Å². The molecule has 0 bridgehead atoms. The summed E-state index contributed by atoms with van der Waals surface area (Å²) in [6, 6.07) is 10.7. The van der Waals surface area contributed by atoms with Gasteiger partial charge in [0, 0.05) is 12.6 Å². The fourth-order valence-corrected chi connectivity index (χ4v) is 2.47. The van der Waals surface area contributed by atoms with Crippen molar-refractivity contribution in [1.29, 1.82) is 5.26 Å². The molecule has 1 heterocycles. The highest BCUT2D eigenvalue weighted by Gasteiger charge is 2.20. The maximum Gasteiger partial charge on any atom is 0.276 e. The van der Waals surface area contributed by atoms with E-state index < -0.39 is 12.0 Å². The van der Waals surface area contributed by atoms with Gasteiger partial charge in [0.05, 0.1) is 17.2 Å². The molecule has 8 heteroatoms. The minimum Gasteiger partial charge on any atom is -0.481 e. The van der Waals surface area contributed by atoms with Gasteiger partial charge in [-0.15, -0.1) is 0 Å². The van der Waals surface area contributed by atoms with E-state index in [4.69, 9.17) is 14.7 Å². The van der Waals surface area contributed by atoms with Crippen molar-refractivity contribution in [3.8, 4) is 23.6 Å². The first kappa shape index (κ1) is 19.0. The van der Waals surface area contributed by atoms with Crippen molar-refractivity contribution in [2.75, 3.05) is 6.54 Å². The molecule has 0 saturated heterocycles. The molecule has 28 heavy (non-hydrogen) atoms. The van der Waals surface area contributed by atoms with E-state index in [0.717, 1.165) is 4.90 Å². The van der Waals surface area contributed by atoms with Crippen LogP contribution in [0.4, 0.5) is 4.39 Å². The third kappa shape index (κ3) is 4.32. The van der Waals surface area contributed by atoms with Gasteiger partial charge < -0.3 is 9.47 Å². The Morgan fingerprint density at radius 1 is 1.21 bits per heavy atom. The smallest absolute Gasteiger partial charge is 0.276 e. The van der Waals surface area contributed by atoms with E-state index in [2.05, 4.69) is 9.97 Å². The highest BCUT2D eigenvalue weighted by atomic mass is 19.1. The molecule has 0 spiro atoms. The van der Waals surface area contributed by atoms with Crippen molar-refractivity contribution in [1.82, 2.24) is 14.9 Å². The lowest BCUT2D eigenvalue weighted by molar-refractivity contribution is -0.134. The van der Waals surface area contributed by atoms with Crippen LogP contribution >= 0.6 is 0 Å². The Bertz CT molecular complexity index is 1030. The second-order valence-electron chi connectivity index (χ2n) is 5.86. The Morgan fingerprint density at radius 2 is 1.93 bits per heavy atom. The van der Waals surface area contributed by atoms with Crippen LogP contribution in [-0.2, 0) is 4.79 Å². The number of likely N-dealkylation sites (N-methyl/N-ethyl adjacent to an activating group) is 1. The molecule has 2 aromatic carbocycles. The topological polar surface area (TPSA) is 88.3 Å². The van der Waals surface area contributed by atoms with Crippen molar-refractivity contribution < 1.29 is 18.7 Å². The summed E-state index contributed by atoms with van der Waals surface area (Å²) >= 11 is 0. The molecule has 1 aromatic heterocycles. The molecular formula is C20H17FN4O3. The van der Waals surface area contributed by atoms with Gasteiger partial charge in [-0.1, -0.05) is 0 Å². The Kier molecular flexibility index (Phi) is 5.65. The molecule has 0 fully saturated rings. The first-order valence-electron chi connectivity index (χ1n) is 8.58. The third-order valence-corrected chi connectivity index (χ3v) is 3.89. The fourth-order valence-electron chi connectivity index (χ4n) is 2.47. The Hall–Kier alpha value is -3.73.